The molecule has 1 N–H and O–H groups in total. The van der Waals surface area contributed by atoms with Gasteiger partial charge in [0.25, 0.3) is 0 Å². The molecule has 142 valence electrons. The Morgan fingerprint density at radius 1 is 1.25 bits per heavy atom. The molecule has 0 aromatic heterocycles. The topological polar surface area (TPSA) is 34.1 Å². The van der Waals surface area contributed by atoms with Crippen molar-refractivity contribution >= 4 is 41.7 Å². The van der Waals surface area contributed by atoms with Crippen molar-refractivity contribution in [2.75, 3.05) is 71.9 Å². The van der Waals surface area contributed by atoms with Gasteiger partial charge in [-0.2, -0.15) is 11.8 Å². The summed E-state index contributed by atoms with van der Waals surface area (Å²) in [5.41, 5.74) is 0.278. The molecule has 1 unspecified atom stereocenters. The third kappa shape index (κ3) is 5.92. The highest BCUT2D eigenvalue weighted by molar-refractivity contribution is 14.0. The van der Waals surface area contributed by atoms with E-state index in [1.165, 1.54) is 24.5 Å². The third-order valence-electron chi connectivity index (χ3n) is 5.11. The van der Waals surface area contributed by atoms with E-state index in [0.717, 1.165) is 44.6 Å². The van der Waals surface area contributed by atoms with Gasteiger partial charge in [-0.15, -0.1) is 24.0 Å². The average molecular weight is 469 g/mol. The Bertz CT molecular complexity index is 388. The minimum atomic E-state index is 0. The van der Waals surface area contributed by atoms with Gasteiger partial charge in [-0.3, -0.25) is 9.89 Å². The van der Waals surface area contributed by atoms with Gasteiger partial charge in [0, 0.05) is 57.6 Å². The standard InChI is InChI=1S/C17H35N5S.HI/c1-15(2)12-21-7-9-22(10-8-21)16(18-3)19-13-17(20(4)5)6-11-23-14-17;/h15H,6-14H2,1-5H3,(H,18,19);1H. The number of aliphatic imine (C=N–C) groups is 1. The van der Waals surface area contributed by atoms with Gasteiger partial charge in [0.05, 0.1) is 0 Å². The van der Waals surface area contributed by atoms with Gasteiger partial charge >= 0.3 is 0 Å². The van der Waals surface area contributed by atoms with Crippen LogP contribution in [-0.4, -0.2) is 98.1 Å². The van der Waals surface area contributed by atoms with Crippen LogP contribution in [0.15, 0.2) is 4.99 Å². The number of hydrogen-bond acceptors (Lipinski definition) is 4. The summed E-state index contributed by atoms with van der Waals surface area (Å²) in [7, 11) is 6.33. The van der Waals surface area contributed by atoms with E-state index in [1.54, 1.807) is 0 Å². The third-order valence-corrected chi connectivity index (χ3v) is 6.35. The van der Waals surface area contributed by atoms with Crippen LogP contribution in [0.25, 0.3) is 0 Å². The summed E-state index contributed by atoms with van der Waals surface area (Å²) in [6.45, 7) is 11.3. The molecule has 2 aliphatic rings. The minimum Gasteiger partial charge on any atom is -0.354 e. The molecule has 0 bridgehead atoms. The summed E-state index contributed by atoms with van der Waals surface area (Å²) >= 11 is 2.07. The average Bonchev–Trinajstić information content (AvgIpc) is 2.99. The van der Waals surface area contributed by atoms with Crippen molar-refractivity contribution in [2.45, 2.75) is 25.8 Å². The largest absolute Gasteiger partial charge is 0.354 e. The van der Waals surface area contributed by atoms with E-state index in [9.17, 15) is 0 Å². The minimum absolute atomic E-state index is 0. The van der Waals surface area contributed by atoms with Gasteiger partial charge in [-0.1, -0.05) is 13.8 Å². The highest BCUT2D eigenvalue weighted by atomic mass is 127. The highest BCUT2D eigenvalue weighted by Gasteiger charge is 2.37. The van der Waals surface area contributed by atoms with Crippen molar-refractivity contribution in [1.29, 1.82) is 0 Å². The molecule has 2 heterocycles. The van der Waals surface area contributed by atoms with Crippen molar-refractivity contribution in [1.82, 2.24) is 20.0 Å². The summed E-state index contributed by atoms with van der Waals surface area (Å²) in [6.07, 6.45) is 1.26. The Morgan fingerprint density at radius 2 is 1.92 bits per heavy atom. The Morgan fingerprint density at radius 3 is 2.38 bits per heavy atom. The van der Waals surface area contributed by atoms with Crippen LogP contribution in [0.2, 0.25) is 0 Å². The molecule has 0 aromatic rings. The maximum atomic E-state index is 4.54. The van der Waals surface area contributed by atoms with Crippen LogP contribution in [0.4, 0.5) is 0 Å². The van der Waals surface area contributed by atoms with E-state index in [-0.39, 0.29) is 29.5 Å². The molecule has 0 spiro atoms. The highest BCUT2D eigenvalue weighted by Crippen LogP contribution is 2.31. The lowest BCUT2D eigenvalue weighted by molar-refractivity contribution is 0.158. The molecule has 2 saturated heterocycles. The van der Waals surface area contributed by atoms with Crippen LogP contribution >= 0.6 is 35.7 Å². The molecule has 2 fully saturated rings. The summed E-state index contributed by atoms with van der Waals surface area (Å²) in [5, 5.41) is 3.66. The van der Waals surface area contributed by atoms with E-state index in [4.69, 9.17) is 0 Å². The Hall–Kier alpha value is 0.270. The van der Waals surface area contributed by atoms with Gasteiger partial charge in [0.15, 0.2) is 5.96 Å². The van der Waals surface area contributed by atoms with Gasteiger partial charge < -0.3 is 15.1 Å². The smallest absolute Gasteiger partial charge is 0.193 e. The molecule has 7 heteroatoms. The molecule has 0 aliphatic carbocycles. The molecule has 2 aliphatic heterocycles. The van der Waals surface area contributed by atoms with Crippen molar-refractivity contribution in [3.8, 4) is 0 Å². The monoisotopic (exact) mass is 469 g/mol. The van der Waals surface area contributed by atoms with Crippen LogP contribution in [0.5, 0.6) is 0 Å². The van der Waals surface area contributed by atoms with Crippen LogP contribution < -0.4 is 5.32 Å². The maximum Gasteiger partial charge on any atom is 0.193 e. The van der Waals surface area contributed by atoms with Crippen LogP contribution in [-0.2, 0) is 0 Å². The van der Waals surface area contributed by atoms with Crippen molar-refractivity contribution in [3.63, 3.8) is 0 Å². The zero-order valence-corrected chi connectivity index (χ0v) is 19.2. The van der Waals surface area contributed by atoms with Gasteiger partial charge in [-0.25, -0.2) is 0 Å². The van der Waals surface area contributed by atoms with E-state index >= 15 is 0 Å². The van der Waals surface area contributed by atoms with Gasteiger partial charge in [0.1, 0.15) is 0 Å². The van der Waals surface area contributed by atoms with Crippen molar-refractivity contribution < 1.29 is 0 Å². The number of guanidine groups is 1. The van der Waals surface area contributed by atoms with Crippen LogP contribution in [0, 0.1) is 5.92 Å². The second kappa shape index (κ2) is 10.4. The van der Waals surface area contributed by atoms with Crippen LogP contribution in [0.1, 0.15) is 20.3 Å². The Balaban J connectivity index is 0.00000288. The molecule has 24 heavy (non-hydrogen) atoms. The second-order valence-corrected chi connectivity index (χ2v) is 8.61. The number of likely N-dealkylation sites (N-methyl/N-ethyl adjacent to an activating group) is 1. The first kappa shape index (κ1) is 22.3. The number of nitrogens with zero attached hydrogens (tertiary/aromatic N) is 4. The molecule has 0 saturated carbocycles. The molecule has 2 rings (SSSR count). The predicted octanol–water partition coefficient (Wildman–Crippen LogP) is 1.89. The maximum absolute atomic E-state index is 4.54. The molecule has 5 nitrogen and oxygen atoms in total. The molecule has 0 amide bonds. The molecule has 0 radical (unpaired) electrons. The number of nitrogens with one attached hydrogen (secondary N) is 1. The van der Waals surface area contributed by atoms with E-state index in [0.29, 0.717) is 0 Å². The molecule has 0 aromatic carbocycles. The fourth-order valence-corrected chi connectivity index (χ4v) is 5.03. The number of rotatable bonds is 5. The summed E-state index contributed by atoms with van der Waals surface area (Å²) in [5.74, 6) is 4.31. The first-order valence-corrected chi connectivity index (χ1v) is 10.1. The van der Waals surface area contributed by atoms with Crippen molar-refractivity contribution in [3.05, 3.63) is 0 Å². The van der Waals surface area contributed by atoms with E-state index in [2.05, 4.69) is 64.7 Å². The van der Waals surface area contributed by atoms with E-state index < -0.39 is 0 Å². The molecular formula is C17H36IN5S. The number of halogens is 1. The lowest BCUT2D eigenvalue weighted by Crippen LogP contribution is -2.58. The fraction of sp³-hybridized carbons (Fsp3) is 0.941. The van der Waals surface area contributed by atoms with Crippen LogP contribution in [0.3, 0.4) is 0 Å². The second-order valence-electron chi connectivity index (χ2n) is 7.50. The normalized spacial score (nSPS) is 26.1. The first-order chi connectivity index (χ1) is 11.0. The Kier molecular flexibility index (Phi) is 9.69. The van der Waals surface area contributed by atoms with Crippen molar-refractivity contribution in [2.24, 2.45) is 10.9 Å². The lowest BCUT2D eigenvalue weighted by Gasteiger charge is -2.40. The molecule has 1 atom stereocenters. The molecular weight excluding hydrogens is 433 g/mol. The first-order valence-electron chi connectivity index (χ1n) is 8.90. The SMILES string of the molecule is CN=C(NCC1(N(C)C)CCSC1)N1CCN(CC(C)C)CC1.I. The Labute approximate surface area is 170 Å². The fourth-order valence-electron chi connectivity index (χ4n) is 3.48. The number of thioether (sulfide) groups is 1. The summed E-state index contributed by atoms with van der Waals surface area (Å²) in [4.78, 5) is 11.9. The number of piperazine rings is 1. The number of hydrogen-bond donors (Lipinski definition) is 1. The van der Waals surface area contributed by atoms with Gasteiger partial charge in [-0.05, 0) is 32.2 Å². The predicted molar refractivity (Wildman–Crippen MR) is 118 cm³/mol. The van der Waals surface area contributed by atoms with E-state index in [1.807, 2.05) is 7.05 Å². The quantitative estimate of drug-likeness (QED) is 0.378. The zero-order chi connectivity index (χ0) is 16.9. The summed E-state index contributed by atoms with van der Waals surface area (Å²) in [6, 6.07) is 0. The summed E-state index contributed by atoms with van der Waals surface area (Å²) < 4.78 is 0. The zero-order valence-electron chi connectivity index (χ0n) is 16.0. The lowest BCUT2D eigenvalue weighted by atomic mass is 9.97. The van der Waals surface area contributed by atoms with Gasteiger partial charge in [0.2, 0.25) is 0 Å².